The number of aliphatic hydroxyl groups excluding tert-OH is 1. The summed E-state index contributed by atoms with van der Waals surface area (Å²) in [4.78, 5) is 38.7. The second kappa shape index (κ2) is 10.4. The number of halogens is 1. The molecular formula is C31H39FO6. The Morgan fingerprint density at radius 2 is 1.87 bits per heavy atom. The van der Waals surface area contributed by atoms with Crippen molar-refractivity contribution in [3.8, 4) is 0 Å². The van der Waals surface area contributed by atoms with Gasteiger partial charge in [0.2, 0.25) is 0 Å². The number of ketones is 1. The molecule has 3 aliphatic carbocycles. The third-order valence-electron chi connectivity index (χ3n) is 10.2. The van der Waals surface area contributed by atoms with E-state index in [0.29, 0.717) is 18.4 Å². The van der Waals surface area contributed by atoms with Crippen LogP contribution in [0.25, 0.3) is 6.08 Å². The fraction of sp³-hybridized carbons (Fsp3) is 0.581. The third kappa shape index (κ3) is 4.74. The molecule has 0 heterocycles. The van der Waals surface area contributed by atoms with E-state index < -0.39 is 41.6 Å². The van der Waals surface area contributed by atoms with Gasteiger partial charge in [-0.15, -0.1) is 6.58 Å². The lowest BCUT2D eigenvalue weighted by Crippen LogP contribution is -2.63. The zero-order valence-corrected chi connectivity index (χ0v) is 22.7. The molecule has 3 fully saturated rings. The highest BCUT2D eigenvalue weighted by Gasteiger charge is 2.68. The van der Waals surface area contributed by atoms with E-state index in [1.807, 2.05) is 6.92 Å². The predicted octanol–water partition coefficient (Wildman–Crippen LogP) is 5.29. The maximum Gasteiger partial charge on any atom is 0.344 e. The molecule has 4 rings (SSSR count). The van der Waals surface area contributed by atoms with E-state index in [0.717, 1.165) is 19.3 Å². The van der Waals surface area contributed by atoms with Crippen LogP contribution in [0.5, 0.6) is 0 Å². The van der Waals surface area contributed by atoms with Gasteiger partial charge in [-0.3, -0.25) is 4.79 Å². The van der Waals surface area contributed by atoms with Gasteiger partial charge in [-0.05, 0) is 66.7 Å². The molecule has 1 N–H and O–H groups in total. The Kier molecular flexibility index (Phi) is 7.72. The normalized spacial score (nSPS) is 38.7. The van der Waals surface area contributed by atoms with Crippen molar-refractivity contribution < 1.29 is 33.4 Å². The first-order valence-electron chi connectivity index (χ1n) is 13.5. The van der Waals surface area contributed by atoms with E-state index in [1.54, 1.807) is 6.08 Å². The van der Waals surface area contributed by atoms with Gasteiger partial charge in [-0.2, -0.15) is 0 Å². The third-order valence-corrected chi connectivity index (χ3v) is 10.2. The standard InChI is InChI=1S/C31H39FO6/c1-6-29(4)17-24(38-26(35)18-37-25(34)12-9-21-7-10-22(32)11-8-21)30(5)19(2)13-15-31(20(3)28(29)36)16-14-23(33)27(30)31/h6-12,19-20,24,27-28,36H,1,13-18H2,2-5H3/b12-9+/t19-,20-,24+,27-,28-,29?,30-,31?/m0/s1. The van der Waals surface area contributed by atoms with E-state index in [-0.39, 0.29) is 34.8 Å². The quantitative estimate of drug-likeness (QED) is 0.308. The minimum atomic E-state index is -0.748. The number of carbonyl (C=O) groups is 3. The van der Waals surface area contributed by atoms with Crippen LogP contribution in [0.1, 0.15) is 65.4 Å². The minimum Gasteiger partial charge on any atom is -0.459 e. The Labute approximate surface area is 224 Å². The molecule has 0 amide bonds. The molecule has 8 atom stereocenters. The summed E-state index contributed by atoms with van der Waals surface area (Å²) >= 11 is 0. The fourth-order valence-electron chi connectivity index (χ4n) is 7.61. The van der Waals surface area contributed by atoms with Crippen molar-refractivity contribution in [1.29, 1.82) is 0 Å². The molecule has 2 unspecified atom stereocenters. The summed E-state index contributed by atoms with van der Waals surface area (Å²) in [6, 6.07) is 5.60. The number of ether oxygens (including phenoxy) is 2. The predicted molar refractivity (Wildman–Crippen MR) is 141 cm³/mol. The van der Waals surface area contributed by atoms with Gasteiger partial charge in [-0.1, -0.05) is 45.9 Å². The second-order valence-electron chi connectivity index (χ2n) is 12.1. The van der Waals surface area contributed by atoms with E-state index in [2.05, 4.69) is 27.4 Å². The first kappa shape index (κ1) is 28.2. The number of Topliss-reactive ketones (excluding diaryl/α,β-unsaturated/α-hetero) is 1. The minimum absolute atomic E-state index is 0.109. The monoisotopic (exact) mass is 526 g/mol. The van der Waals surface area contributed by atoms with Crippen LogP contribution >= 0.6 is 0 Å². The number of benzene rings is 1. The summed E-state index contributed by atoms with van der Waals surface area (Å²) < 4.78 is 24.2. The summed E-state index contributed by atoms with van der Waals surface area (Å²) in [6.07, 6.45) is 6.19. The fourth-order valence-corrected chi connectivity index (χ4v) is 7.61. The Hall–Kier alpha value is -2.80. The van der Waals surface area contributed by atoms with Gasteiger partial charge in [0.25, 0.3) is 0 Å². The second-order valence-corrected chi connectivity index (χ2v) is 12.1. The lowest BCUT2D eigenvalue weighted by atomic mass is 9.44. The van der Waals surface area contributed by atoms with Gasteiger partial charge in [0, 0.05) is 29.2 Å². The molecule has 6 nitrogen and oxygen atoms in total. The van der Waals surface area contributed by atoms with Gasteiger partial charge in [-0.25, -0.2) is 14.0 Å². The van der Waals surface area contributed by atoms with Crippen LogP contribution in [0.15, 0.2) is 43.0 Å². The van der Waals surface area contributed by atoms with Crippen molar-refractivity contribution in [2.75, 3.05) is 6.61 Å². The lowest BCUT2D eigenvalue weighted by molar-refractivity contribution is -0.208. The largest absolute Gasteiger partial charge is 0.459 e. The first-order valence-corrected chi connectivity index (χ1v) is 13.5. The Bertz CT molecular complexity index is 1130. The summed E-state index contributed by atoms with van der Waals surface area (Å²) in [6.45, 7) is 11.6. The molecule has 1 aromatic carbocycles. The highest BCUT2D eigenvalue weighted by molar-refractivity contribution is 5.88. The van der Waals surface area contributed by atoms with Gasteiger partial charge < -0.3 is 14.6 Å². The molecule has 38 heavy (non-hydrogen) atoms. The number of esters is 2. The van der Waals surface area contributed by atoms with Crippen LogP contribution < -0.4 is 0 Å². The average molecular weight is 527 g/mol. The van der Waals surface area contributed by atoms with Crippen LogP contribution in [-0.2, 0) is 23.9 Å². The summed E-state index contributed by atoms with van der Waals surface area (Å²) in [5.74, 6) is -1.96. The number of hydrogen-bond donors (Lipinski definition) is 1. The zero-order chi connectivity index (χ0) is 27.9. The molecule has 0 radical (unpaired) electrons. The summed E-state index contributed by atoms with van der Waals surface area (Å²) in [5, 5.41) is 11.6. The Morgan fingerprint density at radius 3 is 2.53 bits per heavy atom. The Morgan fingerprint density at radius 1 is 1.18 bits per heavy atom. The number of rotatable bonds is 6. The van der Waals surface area contributed by atoms with Crippen molar-refractivity contribution in [1.82, 2.24) is 0 Å². The van der Waals surface area contributed by atoms with Gasteiger partial charge in [0.1, 0.15) is 17.7 Å². The highest BCUT2D eigenvalue weighted by atomic mass is 19.1. The number of carbonyl (C=O) groups excluding carboxylic acids is 3. The number of hydrogen-bond acceptors (Lipinski definition) is 6. The smallest absolute Gasteiger partial charge is 0.344 e. The Balaban J connectivity index is 1.55. The van der Waals surface area contributed by atoms with Crippen molar-refractivity contribution in [2.24, 2.45) is 34.0 Å². The summed E-state index contributed by atoms with van der Waals surface area (Å²) in [5.41, 5.74) is -1.11. The SMILES string of the molecule is C=CC1(C)C[C@@H](OC(=O)COC(=O)/C=C/c2ccc(F)cc2)[C@@]2(C)[C@@H]3C(=O)CCC3(CC[C@@H]2C)[C@@H](C)[C@@H]1O. The van der Waals surface area contributed by atoms with Crippen LogP contribution in [0.4, 0.5) is 4.39 Å². The van der Waals surface area contributed by atoms with Crippen molar-refractivity contribution in [3.05, 3.63) is 54.4 Å². The molecule has 0 saturated heterocycles. The van der Waals surface area contributed by atoms with Crippen LogP contribution in [0.3, 0.4) is 0 Å². The average Bonchev–Trinajstić information content (AvgIpc) is 3.25. The molecule has 0 aromatic heterocycles. The topological polar surface area (TPSA) is 89.9 Å². The van der Waals surface area contributed by atoms with E-state index in [4.69, 9.17) is 9.47 Å². The molecule has 0 spiro atoms. The van der Waals surface area contributed by atoms with Crippen LogP contribution in [-0.4, -0.2) is 41.6 Å². The first-order chi connectivity index (χ1) is 17.9. The zero-order valence-electron chi connectivity index (χ0n) is 22.7. The van der Waals surface area contributed by atoms with E-state index in [1.165, 1.54) is 36.4 Å². The van der Waals surface area contributed by atoms with Crippen molar-refractivity contribution >= 4 is 23.8 Å². The van der Waals surface area contributed by atoms with Gasteiger partial charge in [0.15, 0.2) is 6.61 Å². The molecule has 1 aromatic rings. The highest BCUT2D eigenvalue weighted by Crippen LogP contribution is 2.67. The molecular weight excluding hydrogens is 487 g/mol. The van der Waals surface area contributed by atoms with Crippen LogP contribution in [0.2, 0.25) is 0 Å². The van der Waals surface area contributed by atoms with Crippen LogP contribution in [0, 0.1) is 39.8 Å². The molecule has 7 heteroatoms. The molecule has 3 aliphatic rings. The van der Waals surface area contributed by atoms with Gasteiger partial charge in [0.05, 0.1) is 6.10 Å². The van der Waals surface area contributed by atoms with E-state index in [9.17, 15) is 23.9 Å². The van der Waals surface area contributed by atoms with Crippen molar-refractivity contribution in [3.63, 3.8) is 0 Å². The summed E-state index contributed by atoms with van der Waals surface area (Å²) in [7, 11) is 0. The lowest BCUT2D eigenvalue weighted by Gasteiger charge is -2.61. The maximum atomic E-state index is 13.4. The molecule has 0 aliphatic heterocycles. The molecule has 2 bridgehead atoms. The van der Waals surface area contributed by atoms with Crippen molar-refractivity contribution in [2.45, 2.75) is 72.0 Å². The molecule has 206 valence electrons. The maximum absolute atomic E-state index is 13.4. The number of aliphatic hydroxyl groups is 1. The van der Waals surface area contributed by atoms with Gasteiger partial charge >= 0.3 is 11.9 Å². The molecule has 3 saturated carbocycles. The van der Waals surface area contributed by atoms with E-state index >= 15 is 0 Å².